The van der Waals surface area contributed by atoms with Crippen molar-refractivity contribution in [3.63, 3.8) is 0 Å². The van der Waals surface area contributed by atoms with E-state index in [4.69, 9.17) is 5.73 Å². The Bertz CT molecular complexity index is 394. The Morgan fingerprint density at radius 1 is 1.55 bits per heavy atom. The molecule has 4 nitrogen and oxygen atoms in total. The maximum atomic E-state index is 5.44. The number of nitrogens with one attached hydrogen (secondary N) is 1. The lowest BCUT2D eigenvalue weighted by molar-refractivity contribution is 1.27. The molecule has 3 N–H and O–H groups in total. The zero-order valence-corrected chi connectivity index (χ0v) is 7.09. The van der Waals surface area contributed by atoms with Crippen molar-refractivity contribution in [3.05, 3.63) is 16.9 Å². The van der Waals surface area contributed by atoms with Crippen LogP contribution in [0.3, 0.4) is 0 Å². The van der Waals surface area contributed by atoms with Crippen LogP contribution in [-0.2, 0) is 0 Å². The molecule has 2 aromatic rings. The summed E-state index contributed by atoms with van der Waals surface area (Å²) in [5, 5.41) is 0. The van der Waals surface area contributed by atoms with E-state index in [9.17, 15) is 0 Å². The summed E-state index contributed by atoms with van der Waals surface area (Å²) in [5.41, 5.74) is 6.95. The zero-order chi connectivity index (χ0) is 7.84. The van der Waals surface area contributed by atoms with Crippen molar-refractivity contribution in [2.45, 2.75) is 0 Å². The summed E-state index contributed by atoms with van der Waals surface area (Å²) in [6, 6.07) is 0. The number of H-pyrrole nitrogens is 1. The number of hydrogen-bond donors (Lipinski definition) is 2. The zero-order valence-electron chi connectivity index (χ0n) is 5.50. The third-order valence-electron chi connectivity index (χ3n) is 1.35. The van der Waals surface area contributed by atoms with Crippen molar-refractivity contribution in [1.82, 2.24) is 15.0 Å². The number of halogens is 1. The average Bonchev–Trinajstić information content (AvgIpc) is 2.33. The van der Waals surface area contributed by atoms with Crippen LogP contribution in [0.2, 0.25) is 0 Å². The lowest BCUT2D eigenvalue weighted by atomic mass is 10.5. The van der Waals surface area contributed by atoms with Gasteiger partial charge in [0.1, 0.15) is 11.3 Å². The number of nitrogens with two attached hydrogens (primary N) is 1. The van der Waals surface area contributed by atoms with Crippen molar-refractivity contribution >= 4 is 32.9 Å². The largest absolute Gasteiger partial charge is 0.382 e. The van der Waals surface area contributed by atoms with Crippen LogP contribution in [0.4, 0.5) is 5.82 Å². The number of rotatable bonds is 0. The van der Waals surface area contributed by atoms with Gasteiger partial charge >= 0.3 is 0 Å². The molecule has 0 saturated heterocycles. The highest BCUT2D eigenvalue weighted by atomic mass is 79.9. The van der Waals surface area contributed by atoms with Gasteiger partial charge < -0.3 is 10.7 Å². The van der Waals surface area contributed by atoms with Gasteiger partial charge in [0.05, 0.1) is 10.7 Å². The molecule has 0 radical (unpaired) electrons. The highest BCUT2D eigenvalue weighted by Crippen LogP contribution is 2.19. The molecule has 0 aliphatic heterocycles. The predicted octanol–water partition coefficient (Wildman–Crippen LogP) is 1.30. The molecule has 0 amide bonds. The van der Waals surface area contributed by atoms with Gasteiger partial charge in [-0.05, 0) is 15.9 Å². The van der Waals surface area contributed by atoms with Crippen LogP contribution in [0.25, 0.3) is 11.2 Å². The number of hydrogen-bond acceptors (Lipinski definition) is 3. The van der Waals surface area contributed by atoms with Gasteiger partial charge in [-0.3, -0.25) is 0 Å². The third kappa shape index (κ3) is 0.970. The average molecular weight is 213 g/mol. The molecule has 0 aromatic carbocycles. The SMILES string of the molecule is Nc1cnc2[nH]cc(Br)c2n1. The van der Waals surface area contributed by atoms with E-state index in [1.165, 1.54) is 6.20 Å². The van der Waals surface area contributed by atoms with Crippen LogP contribution in [0, 0.1) is 0 Å². The van der Waals surface area contributed by atoms with E-state index in [2.05, 4.69) is 30.9 Å². The van der Waals surface area contributed by atoms with Crippen LogP contribution in [0.5, 0.6) is 0 Å². The van der Waals surface area contributed by atoms with E-state index < -0.39 is 0 Å². The fraction of sp³-hybridized carbons (Fsp3) is 0. The number of nitrogens with zero attached hydrogens (tertiary/aromatic N) is 2. The Hall–Kier alpha value is -1.10. The van der Waals surface area contributed by atoms with Gasteiger partial charge in [0, 0.05) is 6.20 Å². The summed E-state index contributed by atoms with van der Waals surface area (Å²) in [6.07, 6.45) is 3.30. The van der Waals surface area contributed by atoms with Crippen LogP contribution >= 0.6 is 15.9 Å². The first-order valence-corrected chi connectivity index (χ1v) is 3.82. The number of nitrogen functional groups attached to an aromatic ring is 1. The molecule has 0 bridgehead atoms. The second-order valence-corrected chi connectivity index (χ2v) is 2.98. The van der Waals surface area contributed by atoms with E-state index >= 15 is 0 Å². The van der Waals surface area contributed by atoms with Crippen molar-refractivity contribution < 1.29 is 0 Å². The van der Waals surface area contributed by atoms with E-state index in [1.54, 1.807) is 6.20 Å². The van der Waals surface area contributed by atoms with Crippen LogP contribution in [0.1, 0.15) is 0 Å². The van der Waals surface area contributed by atoms with Crippen LogP contribution < -0.4 is 5.73 Å². The first-order valence-electron chi connectivity index (χ1n) is 3.02. The molecule has 56 valence electrons. The lowest BCUT2D eigenvalue weighted by Gasteiger charge is -1.90. The summed E-state index contributed by atoms with van der Waals surface area (Å²) in [7, 11) is 0. The van der Waals surface area contributed by atoms with Crippen LogP contribution in [0.15, 0.2) is 16.9 Å². The third-order valence-corrected chi connectivity index (χ3v) is 1.96. The molecule has 0 unspecified atom stereocenters. The number of aromatic nitrogens is 3. The van der Waals surface area contributed by atoms with Crippen LogP contribution in [-0.4, -0.2) is 15.0 Å². The molecular formula is C6H5BrN4. The minimum Gasteiger partial charge on any atom is -0.382 e. The number of anilines is 1. The molecule has 11 heavy (non-hydrogen) atoms. The molecular weight excluding hydrogens is 208 g/mol. The number of fused-ring (bicyclic) bond motifs is 1. The molecule has 2 rings (SSSR count). The molecule has 0 saturated carbocycles. The van der Waals surface area contributed by atoms with Gasteiger partial charge in [0.15, 0.2) is 5.65 Å². The fourth-order valence-corrected chi connectivity index (χ4v) is 1.27. The molecule has 0 aliphatic rings. The second-order valence-electron chi connectivity index (χ2n) is 2.13. The van der Waals surface area contributed by atoms with Gasteiger partial charge in [0.2, 0.25) is 0 Å². The highest BCUT2D eigenvalue weighted by molar-refractivity contribution is 9.10. The highest BCUT2D eigenvalue weighted by Gasteiger charge is 2.02. The quantitative estimate of drug-likeness (QED) is 0.692. The van der Waals surface area contributed by atoms with E-state index in [1.807, 2.05) is 0 Å². The number of aromatic amines is 1. The topological polar surface area (TPSA) is 67.6 Å². The Morgan fingerprint density at radius 2 is 2.36 bits per heavy atom. The smallest absolute Gasteiger partial charge is 0.157 e. The summed E-state index contributed by atoms with van der Waals surface area (Å²) >= 11 is 3.31. The Kier molecular flexibility index (Phi) is 1.32. The standard InChI is InChI=1S/C6H5BrN4/c7-3-1-9-6-5(3)11-4(8)2-10-6/h1-2H,(H2,8,11)(H,9,10). The second kappa shape index (κ2) is 2.20. The Balaban J connectivity index is 2.87. The molecule has 5 heteroatoms. The van der Waals surface area contributed by atoms with Crippen molar-refractivity contribution in [2.75, 3.05) is 5.73 Å². The van der Waals surface area contributed by atoms with E-state index in [0.29, 0.717) is 5.82 Å². The molecule has 0 fully saturated rings. The molecule has 0 atom stereocenters. The maximum Gasteiger partial charge on any atom is 0.157 e. The van der Waals surface area contributed by atoms with Gasteiger partial charge in [-0.25, -0.2) is 9.97 Å². The van der Waals surface area contributed by atoms with E-state index in [-0.39, 0.29) is 0 Å². The van der Waals surface area contributed by atoms with Crippen molar-refractivity contribution in [1.29, 1.82) is 0 Å². The first-order chi connectivity index (χ1) is 5.27. The van der Waals surface area contributed by atoms with Crippen molar-refractivity contribution in [3.8, 4) is 0 Å². The summed E-state index contributed by atoms with van der Waals surface area (Å²) in [5.74, 6) is 0.429. The summed E-state index contributed by atoms with van der Waals surface area (Å²) in [4.78, 5) is 11.0. The fourth-order valence-electron chi connectivity index (χ4n) is 0.875. The normalized spacial score (nSPS) is 10.6. The molecule has 2 heterocycles. The lowest BCUT2D eigenvalue weighted by Crippen LogP contribution is -1.90. The predicted molar refractivity (Wildman–Crippen MR) is 46.0 cm³/mol. The summed E-state index contributed by atoms with van der Waals surface area (Å²) in [6.45, 7) is 0. The molecule has 2 aromatic heterocycles. The van der Waals surface area contributed by atoms with E-state index in [0.717, 1.165) is 15.6 Å². The minimum atomic E-state index is 0.429. The molecule has 0 spiro atoms. The summed E-state index contributed by atoms with van der Waals surface area (Å²) < 4.78 is 0.882. The minimum absolute atomic E-state index is 0.429. The monoisotopic (exact) mass is 212 g/mol. The van der Waals surface area contributed by atoms with Gasteiger partial charge in [-0.15, -0.1) is 0 Å². The van der Waals surface area contributed by atoms with Gasteiger partial charge in [0.25, 0.3) is 0 Å². The Morgan fingerprint density at radius 3 is 3.18 bits per heavy atom. The maximum absolute atomic E-state index is 5.44. The van der Waals surface area contributed by atoms with Gasteiger partial charge in [-0.1, -0.05) is 0 Å². The van der Waals surface area contributed by atoms with Crippen molar-refractivity contribution in [2.24, 2.45) is 0 Å². The molecule has 0 aliphatic carbocycles. The van der Waals surface area contributed by atoms with Gasteiger partial charge in [-0.2, -0.15) is 0 Å². The first kappa shape index (κ1) is 6.60. The Labute approximate surface area is 71.0 Å².